The minimum atomic E-state index is 1.18. The van der Waals surface area contributed by atoms with Crippen LogP contribution in [-0.2, 0) is 0 Å². The van der Waals surface area contributed by atoms with Crippen LogP contribution in [-0.4, -0.2) is 9.61 Å². The van der Waals surface area contributed by atoms with Crippen molar-refractivity contribution in [1.82, 2.24) is 9.61 Å². The summed E-state index contributed by atoms with van der Waals surface area (Å²) in [7, 11) is 0. The summed E-state index contributed by atoms with van der Waals surface area (Å²) in [6.45, 7) is 0. The van der Waals surface area contributed by atoms with Gasteiger partial charge in [0.1, 0.15) is 0 Å². The van der Waals surface area contributed by atoms with E-state index in [1.807, 2.05) is 10.7 Å². The van der Waals surface area contributed by atoms with Crippen molar-refractivity contribution < 1.29 is 0 Å². The molecule has 2 nitrogen and oxygen atoms in total. The summed E-state index contributed by atoms with van der Waals surface area (Å²) in [5.74, 6) is 0. The van der Waals surface area contributed by atoms with Crippen LogP contribution in [0.5, 0.6) is 0 Å². The molecule has 0 amide bonds. The van der Waals surface area contributed by atoms with E-state index in [1.165, 1.54) is 38.0 Å². The van der Waals surface area contributed by atoms with Gasteiger partial charge < -0.3 is 0 Å². The van der Waals surface area contributed by atoms with Crippen molar-refractivity contribution in [3.8, 4) is 0 Å². The normalized spacial score (nSPS) is 12.2. The van der Waals surface area contributed by atoms with Crippen molar-refractivity contribution >= 4 is 38.0 Å². The molecule has 3 aromatic carbocycles. The van der Waals surface area contributed by atoms with Crippen molar-refractivity contribution in [2.24, 2.45) is 0 Å². The Hall–Kier alpha value is -2.61. The smallest absolute Gasteiger partial charge is 0.0747 e. The molecule has 0 aliphatic carbocycles. The summed E-state index contributed by atoms with van der Waals surface area (Å²) >= 11 is 0. The second-order valence-electron chi connectivity index (χ2n) is 4.97. The largest absolute Gasteiger partial charge is 0.232 e. The van der Waals surface area contributed by atoms with Gasteiger partial charge in [0.2, 0.25) is 0 Å². The molecule has 0 fully saturated rings. The molecule has 5 rings (SSSR count). The fourth-order valence-corrected chi connectivity index (χ4v) is 3.23. The molecular formula is C17H10N2. The number of aromatic nitrogens is 2. The highest BCUT2D eigenvalue weighted by atomic mass is 15.2. The first kappa shape index (κ1) is 9.34. The SMILES string of the molecule is c1cc2ccc3cccc4c3c2c(c1)c1ccnn14. The molecule has 0 spiro atoms. The summed E-state index contributed by atoms with van der Waals surface area (Å²) < 4.78 is 2.05. The topological polar surface area (TPSA) is 17.3 Å². The Labute approximate surface area is 109 Å². The Balaban J connectivity index is 2.36. The summed E-state index contributed by atoms with van der Waals surface area (Å²) in [6.07, 6.45) is 1.87. The Morgan fingerprint density at radius 1 is 0.684 bits per heavy atom. The molecule has 0 aliphatic heterocycles. The average Bonchev–Trinajstić information content (AvgIpc) is 2.95. The zero-order valence-corrected chi connectivity index (χ0v) is 10.2. The van der Waals surface area contributed by atoms with Crippen molar-refractivity contribution in [3.63, 3.8) is 0 Å². The lowest BCUT2D eigenvalue weighted by atomic mass is 9.97. The molecule has 19 heavy (non-hydrogen) atoms. The van der Waals surface area contributed by atoms with Gasteiger partial charge >= 0.3 is 0 Å². The molecular weight excluding hydrogens is 232 g/mol. The predicted octanol–water partition coefficient (Wildman–Crippen LogP) is 4.23. The van der Waals surface area contributed by atoms with Gasteiger partial charge in [-0.15, -0.1) is 0 Å². The van der Waals surface area contributed by atoms with Crippen LogP contribution < -0.4 is 0 Å². The van der Waals surface area contributed by atoms with E-state index in [4.69, 9.17) is 0 Å². The van der Waals surface area contributed by atoms with E-state index in [-0.39, 0.29) is 0 Å². The molecule has 88 valence electrons. The lowest BCUT2D eigenvalue weighted by Gasteiger charge is -2.12. The lowest BCUT2D eigenvalue weighted by molar-refractivity contribution is 1.01. The standard InChI is InChI=1S/C17H10N2/c1-3-11-7-8-12-4-2-6-15-17(12)16(11)13(5-1)14-9-10-18-19(14)15/h1-10H. The molecule has 0 atom stereocenters. The summed E-state index contributed by atoms with van der Waals surface area (Å²) in [5.41, 5.74) is 2.36. The maximum Gasteiger partial charge on any atom is 0.0747 e. The third-order valence-electron chi connectivity index (χ3n) is 4.01. The van der Waals surface area contributed by atoms with Gasteiger partial charge in [-0.1, -0.05) is 42.5 Å². The second-order valence-corrected chi connectivity index (χ2v) is 4.97. The Morgan fingerprint density at radius 2 is 1.47 bits per heavy atom. The maximum atomic E-state index is 4.48. The number of fused-ring (bicyclic) bond motifs is 3. The molecule has 0 bridgehead atoms. The van der Waals surface area contributed by atoms with E-state index < -0.39 is 0 Å². The number of nitrogens with zero attached hydrogens (tertiary/aromatic N) is 2. The zero-order valence-electron chi connectivity index (χ0n) is 10.2. The monoisotopic (exact) mass is 242 g/mol. The highest BCUT2D eigenvalue weighted by molar-refractivity contribution is 6.25. The first-order chi connectivity index (χ1) is 9.43. The van der Waals surface area contributed by atoms with E-state index >= 15 is 0 Å². The van der Waals surface area contributed by atoms with E-state index in [0.717, 1.165) is 0 Å². The highest BCUT2D eigenvalue weighted by Crippen LogP contribution is 2.36. The van der Waals surface area contributed by atoms with Gasteiger partial charge in [-0.3, -0.25) is 0 Å². The predicted molar refractivity (Wildman–Crippen MR) is 78.9 cm³/mol. The summed E-state index contributed by atoms with van der Waals surface area (Å²) in [6, 6.07) is 19.4. The zero-order chi connectivity index (χ0) is 12.4. The van der Waals surface area contributed by atoms with Crippen LogP contribution in [0.4, 0.5) is 0 Å². The molecule has 2 aromatic heterocycles. The third-order valence-corrected chi connectivity index (χ3v) is 4.01. The van der Waals surface area contributed by atoms with Crippen molar-refractivity contribution in [2.75, 3.05) is 0 Å². The molecule has 0 aliphatic rings. The van der Waals surface area contributed by atoms with Crippen LogP contribution in [0.3, 0.4) is 0 Å². The second kappa shape index (κ2) is 3.04. The van der Waals surface area contributed by atoms with Gasteiger partial charge in [-0.05, 0) is 22.9 Å². The molecule has 5 aromatic rings. The molecule has 0 saturated heterocycles. The summed E-state index contributed by atoms with van der Waals surface area (Å²) in [5, 5.41) is 11.0. The van der Waals surface area contributed by atoms with Gasteiger partial charge in [0.15, 0.2) is 0 Å². The molecule has 0 radical (unpaired) electrons. The van der Waals surface area contributed by atoms with Gasteiger partial charge in [0, 0.05) is 16.2 Å². The van der Waals surface area contributed by atoms with Gasteiger partial charge in [-0.2, -0.15) is 5.10 Å². The molecule has 2 heteroatoms. The number of hydrogen-bond donors (Lipinski definition) is 0. The van der Waals surface area contributed by atoms with Crippen LogP contribution >= 0.6 is 0 Å². The number of rotatable bonds is 0. The van der Waals surface area contributed by atoms with E-state index in [2.05, 4.69) is 59.7 Å². The molecule has 0 saturated carbocycles. The Kier molecular flexibility index (Phi) is 1.49. The number of benzene rings is 3. The molecule has 0 N–H and O–H groups in total. The quantitative estimate of drug-likeness (QED) is 0.371. The number of hydrogen-bond acceptors (Lipinski definition) is 1. The first-order valence-electron chi connectivity index (χ1n) is 6.43. The number of pyridine rings is 1. The van der Waals surface area contributed by atoms with E-state index in [0.29, 0.717) is 0 Å². The average molecular weight is 242 g/mol. The van der Waals surface area contributed by atoms with Crippen molar-refractivity contribution in [3.05, 3.63) is 60.8 Å². The minimum Gasteiger partial charge on any atom is -0.232 e. The van der Waals surface area contributed by atoms with Crippen LogP contribution in [0.15, 0.2) is 60.8 Å². The van der Waals surface area contributed by atoms with Crippen LogP contribution in [0.1, 0.15) is 0 Å². The van der Waals surface area contributed by atoms with Crippen LogP contribution in [0.25, 0.3) is 38.0 Å². The minimum absolute atomic E-state index is 1.18. The van der Waals surface area contributed by atoms with E-state index in [9.17, 15) is 0 Å². The fourth-order valence-electron chi connectivity index (χ4n) is 3.23. The van der Waals surface area contributed by atoms with E-state index in [1.54, 1.807) is 0 Å². The van der Waals surface area contributed by atoms with Gasteiger partial charge in [0.25, 0.3) is 0 Å². The van der Waals surface area contributed by atoms with Gasteiger partial charge in [-0.25, -0.2) is 4.52 Å². The van der Waals surface area contributed by atoms with Gasteiger partial charge in [0.05, 0.1) is 17.2 Å². The molecule has 2 heterocycles. The lowest BCUT2D eigenvalue weighted by Crippen LogP contribution is -1.93. The van der Waals surface area contributed by atoms with Crippen LogP contribution in [0.2, 0.25) is 0 Å². The maximum absolute atomic E-state index is 4.48. The van der Waals surface area contributed by atoms with Crippen molar-refractivity contribution in [1.29, 1.82) is 0 Å². The van der Waals surface area contributed by atoms with Crippen LogP contribution in [0, 0.1) is 0 Å². The summed E-state index contributed by atoms with van der Waals surface area (Å²) in [4.78, 5) is 0. The Bertz CT molecular complexity index is 972. The molecule has 0 unspecified atom stereocenters. The first-order valence-corrected chi connectivity index (χ1v) is 6.43. The Morgan fingerprint density at radius 3 is 2.37 bits per heavy atom. The third kappa shape index (κ3) is 1.01. The fraction of sp³-hybridized carbons (Fsp3) is 0. The highest BCUT2D eigenvalue weighted by Gasteiger charge is 2.12. The van der Waals surface area contributed by atoms with Crippen molar-refractivity contribution in [2.45, 2.75) is 0 Å².